The number of rotatable bonds is 4. The Bertz CT molecular complexity index is 497. The van der Waals surface area contributed by atoms with Gasteiger partial charge in [-0.05, 0) is 18.3 Å². The number of hydrogen-bond acceptors (Lipinski definition) is 3. The van der Waals surface area contributed by atoms with Crippen LogP contribution in [0, 0.1) is 11.8 Å². The molecule has 0 saturated heterocycles. The summed E-state index contributed by atoms with van der Waals surface area (Å²) in [6, 6.07) is 0. The Kier molecular flexibility index (Phi) is 2.98. The average molecular weight is 264 g/mol. The second kappa shape index (κ2) is 4.01. The summed E-state index contributed by atoms with van der Waals surface area (Å²) in [7, 11) is -1.91. The van der Waals surface area contributed by atoms with Gasteiger partial charge in [0.1, 0.15) is 5.15 Å². The molecular formula is C9H14ClN3O2S. The van der Waals surface area contributed by atoms with Gasteiger partial charge in [0.25, 0.3) is 10.0 Å². The van der Waals surface area contributed by atoms with Crippen molar-refractivity contribution in [3.63, 3.8) is 0 Å². The smallest absolute Gasteiger partial charge is 0.261 e. The third kappa shape index (κ3) is 2.23. The van der Waals surface area contributed by atoms with E-state index in [0.29, 0.717) is 18.4 Å². The van der Waals surface area contributed by atoms with Crippen molar-refractivity contribution in [2.45, 2.75) is 18.4 Å². The number of aromatic nitrogens is 2. The first-order valence-corrected chi connectivity index (χ1v) is 6.94. The second-order valence-corrected chi connectivity index (χ2v) is 6.32. The number of halogens is 1. The lowest BCUT2D eigenvalue weighted by Gasteiger charge is -2.03. The normalized spacial score (nSPS) is 24.7. The summed E-state index contributed by atoms with van der Waals surface area (Å²) in [6.45, 7) is 2.57. The molecule has 7 heteroatoms. The van der Waals surface area contributed by atoms with Gasteiger partial charge in [0.2, 0.25) is 5.03 Å². The SMILES string of the molecule is C[C@@H]1C[C@H]1CNS(=O)(=O)c1ncn(C)c1Cl. The molecule has 0 radical (unpaired) electrons. The molecule has 1 aromatic rings. The summed E-state index contributed by atoms with van der Waals surface area (Å²) < 4.78 is 27.7. The lowest BCUT2D eigenvalue weighted by molar-refractivity contribution is 0.571. The van der Waals surface area contributed by atoms with E-state index < -0.39 is 10.0 Å². The van der Waals surface area contributed by atoms with Crippen molar-refractivity contribution in [3.8, 4) is 0 Å². The Morgan fingerprint density at radius 3 is 2.75 bits per heavy atom. The third-order valence-corrected chi connectivity index (χ3v) is 4.81. The predicted octanol–water partition coefficient (Wildman–Crippen LogP) is 1.01. The maximum atomic E-state index is 11.8. The Labute approximate surface area is 99.9 Å². The summed E-state index contributed by atoms with van der Waals surface area (Å²) in [5.41, 5.74) is 0. The van der Waals surface area contributed by atoms with E-state index in [1.54, 1.807) is 7.05 Å². The summed E-state index contributed by atoms with van der Waals surface area (Å²) in [6.07, 6.45) is 2.47. The first-order chi connectivity index (χ1) is 7.42. The van der Waals surface area contributed by atoms with E-state index in [9.17, 15) is 8.42 Å². The maximum Gasteiger partial charge on any atom is 0.261 e. The standard InChI is InChI=1S/C9H14ClN3O2S/c1-6-3-7(6)4-12-16(14,15)9-8(10)13(2)5-11-9/h5-7,12H,3-4H2,1-2H3/t6-,7+/m1/s1. The molecule has 1 aliphatic rings. The molecule has 2 atom stereocenters. The van der Waals surface area contributed by atoms with Crippen LogP contribution >= 0.6 is 11.6 Å². The zero-order chi connectivity index (χ0) is 11.9. The first-order valence-electron chi connectivity index (χ1n) is 5.08. The van der Waals surface area contributed by atoms with Gasteiger partial charge >= 0.3 is 0 Å². The van der Waals surface area contributed by atoms with Crippen molar-refractivity contribution >= 4 is 21.6 Å². The molecule has 0 bridgehead atoms. The fourth-order valence-corrected chi connectivity index (χ4v) is 3.06. The molecule has 90 valence electrons. The maximum absolute atomic E-state index is 11.8. The Morgan fingerprint density at radius 1 is 1.69 bits per heavy atom. The summed E-state index contributed by atoms with van der Waals surface area (Å²) in [5, 5.41) is 0.0429. The van der Waals surface area contributed by atoms with Crippen LogP contribution in [0.3, 0.4) is 0 Å². The van der Waals surface area contributed by atoms with Gasteiger partial charge in [-0.25, -0.2) is 18.1 Å². The molecule has 5 nitrogen and oxygen atoms in total. The molecule has 1 aromatic heterocycles. The van der Waals surface area contributed by atoms with Gasteiger partial charge in [-0.2, -0.15) is 0 Å². The van der Waals surface area contributed by atoms with Crippen molar-refractivity contribution in [3.05, 3.63) is 11.5 Å². The molecule has 1 heterocycles. The number of imidazole rings is 1. The molecule has 0 amide bonds. The number of nitrogens with one attached hydrogen (secondary N) is 1. The summed E-state index contributed by atoms with van der Waals surface area (Å²) >= 11 is 5.83. The topological polar surface area (TPSA) is 64.0 Å². The van der Waals surface area contributed by atoms with E-state index in [2.05, 4.69) is 16.6 Å². The van der Waals surface area contributed by atoms with Crippen molar-refractivity contribution in [1.82, 2.24) is 14.3 Å². The fourth-order valence-electron chi connectivity index (χ4n) is 1.54. The van der Waals surface area contributed by atoms with Crippen molar-refractivity contribution in [2.24, 2.45) is 18.9 Å². The van der Waals surface area contributed by atoms with Gasteiger partial charge in [-0.3, -0.25) is 0 Å². The molecule has 0 unspecified atom stereocenters. The van der Waals surface area contributed by atoms with E-state index in [4.69, 9.17) is 11.6 Å². The highest BCUT2D eigenvalue weighted by atomic mass is 35.5. The molecule has 0 spiro atoms. The van der Waals surface area contributed by atoms with Gasteiger partial charge in [-0.1, -0.05) is 18.5 Å². The molecule has 0 aliphatic heterocycles. The fraction of sp³-hybridized carbons (Fsp3) is 0.667. The predicted molar refractivity (Wildman–Crippen MR) is 60.7 cm³/mol. The average Bonchev–Trinajstić information content (AvgIpc) is 2.81. The van der Waals surface area contributed by atoms with Crippen LogP contribution < -0.4 is 4.72 Å². The van der Waals surface area contributed by atoms with Gasteiger partial charge in [0.05, 0.1) is 6.33 Å². The highest BCUT2D eigenvalue weighted by Crippen LogP contribution is 2.37. The zero-order valence-corrected chi connectivity index (χ0v) is 10.7. The van der Waals surface area contributed by atoms with Crippen LogP contribution in [0.25, 0.3) is 0 Å². The molecule has 1 saturated carbocycles. The minimum Gasteiger partial charge on any atom is -0.324 e. The summed E-state index contributed by atoms with van der Waals surface area (Å²) in [5.74, 6) is 1.07. The van der Waals surface area contributed by atoms with Gasteiger partial charge in [0.15, 0.2) is 0 Å². The zero-order valence-electron chi connectivity index (χ0n) is 9.14. The van der Waals surface area contributed by atoms with Crippen molar-refractivity contribution < 1.29 is 8.42 Å². The summed E-state index contributed by atoms with van der Waals surface area (Å²) in [4.78, 5) is 3.78. The number of sulfonamides is 1. The van der Waals surface area contributed by atoms with Crippen LogP contribution in [-0.2, 0) is 17.1 Å². The van der Waals surface area contributed by atoms with Crippen LogP contribution in [0.5, 0.6) is 0 Å². The van der Waals surface area contributed by atoms with Crippen molar-refractivity contribution in [2.75, 3.05) is 6.54 Å². The highest BCUT2D eigenvalue weighted by Gasteiger charge is 2.34. The largest absolute Gasteiger partial charge is 0.324 e. The van der Waals surface area contributed by atoms with Crippen LogP contribution in [0.2, 0.25) is 5.15 Å². The Hall–Kier alpha value is -0.590. The molecule has 1 aliphatic carbocycles. The van der Waals surface area contributed by atoms with E-state index >= 15 is 0 Å². The molecule has 2 rings (SSSR count). The minimum absolute atomic E-state index is 0.0926. The number of aryl methyl sites for hydroxylation is 1. The van der Waals surface area contributed by atoms with E-state index in [0.717, 1.165) is 6.42 Å². The molecule has 0 aromatic carbocycles. The van der Waals surface area contributed by atoms with E-state index in [-0.39, 0.29) is 10.2 Å². The van der Waals surface area contributed by atoms with Gasteiger partial charge in [0, 0.05) is 13.6 Å². The molecule has 16 heavy (non-hydrogen) atoms. The number of nitrogens with zero attached hydrogens (tertiary/aromatic N) is 2. The van der Waals surface area contributed by atoms with Gasteiger partial charge < -0.3 is 4.57 Å². The monoisotopic (exact) mass is 263 g/mol. The Balaban J connectivity index is 2.09. The van der Waals surface area contributed by atoms with Gasteiger partial charge in [-0.15, -0.1) is 0 Å². The Morgan fingerprint density at radius 2 is 2.31 bits per heavy atom. The minimum atomic E-state index is -3.56. The quantitative estimate of drug-likeness (QED) is 0.882. The van der Waals surface area contributed by atoms with E-state index in [1.165, 1.54) is 10.9 Å². The molecule has 1 fully saturated rings. The van der Waals surface area contributed by atoms with Crippen LogP contribution in [0.1, 0.15) is 13.3 Å². The molecule has 1 N–H and O–H groups in total. The highest BCUT2D eigenvalue weighted by molar-refractivity contribution is 7.89. The lowest BCUT2D eigenvalue weighted by Crippen LogP contribution is -2.26. The molecular weight excluding hydrogens is 250 g/mol. The van der Waals surface area contributed by atoms with E-state index in [1.807, 2.05) is 0 Å². The second-order valence-electron chi connectivity index (χ2n) is 4.28. The van der Waals surface area contributed by atoms with Crippen molar-refractivity contribution in [1.29, 1.82) is 0 Å². The van der Waals surface area contributed by atoms with Crippen LogP contribution in [-0.4, -0.2) is 24.5 Å². The number of hydrogen-bond donors (Lipinski definition) is 1. The first kappa shape index (κ1) is 11.9. The van der Waals surface area contributed by atoms with Crippen LogP contribution in [0.15, 0.2) is 11.4 Å². The lowest BCUT2D eigenvalue weighted by atomic mass is 10.3. The van der Waals surface area contributed by atoms with Crippen LogP contribution in [0.4, 0.5) is 0 Å². The third-order valence-electron chi connectivity index (χ3n) is 2.90.